The van der Waals surface area contributed by atoms with Gasteiger partial charge in [0.15, 0.2) is 0 Å². The molecule has 1 aliphatic rings. The third-order valence-electron chi connectivity index (χ3n) is 4.98. The van der Waals surface area contributed by atoms with E-state index in [0.29, 0.717) is 5.92 Å². The molecule has 21 heavy (non-hydrogen) atoms. The highest BCUT2D eigenvalue weighted by atomic mass is 19.1. The highest BCUT2D eigenvalue weighted by Crippen LogP contribution is 2.39. The van der Waals surface area contributed by atoms with Gasteiger partial charge in [0, 0.05) is 11.6 Å². The average molecular weight is 291 g/mol. The SMILES string of the molecule is CCCNC(c1ccc(C)cc1F)C1CCCC(CC)C1. The molecule has 1 nitrogen and oxygen atoms in total. The fourth-order valence-corrected chi connectivity index (χ4v) is 3.72. The molecule has 1 fully saturated rings. The minimum absolute atomic E-state index is 0.0396. The highest BCUT2D eigenvalue weighted by Gasteiger charge is 2.29. The zero-order valence-corrected chi connectivity index (χ0v) is 13.8. The summed E-state index contributed by atoms with van der Waals surface area (Å²) >= 11 is 0. The predicted molar refractivity (Wildman–Crippen MR) is 87.9 cm³/mol. The molecule has 3 atom stereocenters. The van der Waals surface area contributed by atoms with Crippen LogP contribution in [0, 0.1) is 24.6 Å². The van der Waals surface area contributed by atoms with E-state index in [-0.39, 0.29) is 11.9 Å². The van der Waals surface area contributed by atoms with Gasteiger partial charge in [-0.15, -0.1) is 0 Å². The molecule has 0 bridgehead atoms. The van der Waals surface area contributed by atoms with Crippen molar-refractivity contribution in [2.45, 2.75) is 65.3 Å². The van der Waals surface area contributed by atoms with Crippen LogP contribution < -0.4 is 5.32 Å². The van der Waals surface area contributed by atoms with E-state index in [4.69, 9.17) is 0 Å². The van der Waals surface area contributed by atoms with E-state index in [9.17, 15) is 4.39 Å². The first-order valence-corrected chi connectivity index (χ1v) is 8.65. The second-order valence-corrected chi connectivity index (χ2v) is 6.66. The molecule has 1 saturated carbocycles. The Labute approximate surface area is 129 Å². The van der Waals surface area contributed by atoms with Crippen molar-refractivity contribution >= 4 is 0 Å². The molecular weight excluding hydrogens is 261 g/mol. The summed E-state index contributed by atoms with van der Waals surface area (Å²) in [6.07, 6.45) is 7.46. The number of nitrogens with one attached hydrogen (secondary N) is 1. The van der Waals surface area contributed by atoms with Gasteiger partial charge in [0.2, 0.25) is 0 Å². The van der Waals surface area contributed by atoms with E-state index in [1.807, 2.05) is 19.1 Å². The zero-order valence-electron chi connectivity index (χ0n) is 13.8. The molecule has 1 aromatic rings. The molecule has 1 aromatic carbocycles. The fraction of sp³-hybridized carbons (Fsp3) is 0.684. The monoisotopic (exact) mass is 291 g/mol. The minimum Gasteiger partial charge on any atom is -0.310 e. The molecule has 0 amide bonds. The van der Waals surface area contributed by atoms with Crippen LogP contribution in [0.1, 0.15) is 69.5 Å². The first-order valence-electron chi connectivity index (χ1n) is 8.65. The predicted octanol–water partition coefficient (Wildman–Crippen LogP) is 5.39. The summed E-state index contributed by atoms with van der Waals surface area (Å²) in [7, 11) is 0. The number of hydrogen-bond acceptors (Lipinski definition) is 1. The van der Waals surface area contributed by atoms with Crippen molar-refractivity contribution in [2.75, 3.05) is 6.54 Å². The Balaban J connectivity index is 2.20. The Morgan fingerprint density at radius 2 is 2.10 bits per heavy atom. The van der Waals surface area contributed by atoms with Crippen molar-refractivity contribution in [2.24, 2.45) is 11.8 Å². The van der Waals surface area contributed by atoms with Crippen LogP contribution in [0.5, 0.6) is 0 Å². The maximum Gasteiger partial charge on any atom is 0.128 e. The van der Waals surface area contributed by atoms with Gasteiger partial charge >= 0.3 is 0 Å². The van der Waals surface area contributed by atoms with Crippen molar-refractivity contribution in [3.8, 4) is 0 Å². The summed E-state index contributed by atoms with van der Waals surface area (Å²) in [6.45, 7) is 7.37. The largest absolute Gasteiger partial charge is 0.310 e. The van der Waals surface area contributed by atoms with Gasteiger partial charge in [-0.3, -0.25) is 0 Å². The van der Waals surface area contributed by atoms with Gasteiger partial charge < -0.3 is 5.32 Å². The standard InChI is InChI=1S/C19H30FN/c1-4-11-21-19(16-8-6-7-15(5-2)13-16)17-10-9-14(3)12-18(17)20/h9-10,12,15-16,19,21H,4-8,11,13H2,1-3H3. The van der Waals surface area contributed by atoms with E-state index in [1.54, 1.807) is 6.07 Å². The number of aryl methyl sites for hydroxylation is 1. The fourth-order valence-electron chi connectivity index (χ4n) is 3.72. The first kappa shape index (κ1) is 16.5. The lowest BCUT2D eigenvalue weighted by molar-refractivity contribution is 0.207. The maximum atomic E-state index is 14.4. The lowest BCUT2D eigenvalue weighted by atomic mass is 9.75. The Morgan fingerprint density at radius 1 is 1.29 bits per heavy atom. The number of benzene rings is 1. The molecule has 3 unspecified atom stereocenters. The van der Waals surface area contributed by atoms with E-state index in [2.05, 4.69) is 19.2 Å². The molecular formula is C19H30FN. The number of halogens is 1. The zero-order chi connectivity index (χ0) is 15.2. The summed E-state index contributed by atoms with van der Waals surface area (Å²) in [5, 5.41) is 3.62. The molecule has 0 radical (unpaired) electrons. The van der Waals surface area contributed by atoms with Gasteiger partial charge in [0.05, 0.1) is 0 Å². The molecule has 1 N–H and O–H groups in total. The van der Waals surface area contributed by atoms with E-state index >= 15 is 0 Å². The Bertz CT molecular complexity index is 443. The first-order chi connectivity index (χ1) is 10.2. The molecule has 1 aliphatic carbocycles. The van der Waals surface area contributed by atoms with Crippen LogP contribution >= 0.6 is 0 Å². The molecule has 0 aromatic heterocycles. The van der Waals surface area contributed by atoms with Gasteiger partial charge in [-0.2, -0.15) is 0 Å². The third-order valence-corrected chi connectivity index (χ3v) is 4.98. The summed E-state index contributed by atoms with van der Waals surface area (Å²) in [4.78, 5) is 0. The molecule has 0 spiro atoms. The van der Waals surface area contributed by atoms with Gasteiger partial charge in [-0.25, -0.2) is 4.39 Å². The third kappa shape index (κ3) is 4.29. The van der Waals surface area contributed by atoms with E-state index < -0.39 is 0 Å². The smallest absolute Gasteiger partial charge is 0.128 e. The number of rotatable bonds is 6. The van der Waals surface area contributed by atoms with Gasteiger partial charge in [-0.05, 0) is 56.2 Å². The van der Waals surface area contributed by atoms with Crippen LogP contribution in [0.15, 0.2) is 18.2 Å². The summed E-state index contributed by atoms with van der Waals surface area (Å²) < 4.78 is 14.4. The Hall–Kier alpha value is -0.890. The minimum atomic E-state index is -0.0396. The second-order valence-electron chi connectivity index (χ2n) is 6.66. The summed E-state index contributed by atoms with van der Waals surface area (Å²) in [5.41, 5.74) is 1.87. The van der Waals surface area contributed by atoms with Crippen molar-refractivity contribution < 1.29 is 4.39 Å². The van der Waals surface area contributed by atoms with Crippen molar-refractivity contribution in [1.29, 1.82) is 0 Å². The second kappa shape index (κ2) is 7.93. The quantitative estimate of drug-likeness (QED) is 0.741. The van der Waals surface area contributed by atoms with Crippen molar-refractivity contribution in [3.63, 3.8) is 0 Å². The van der Waals surface area contributed by atoms with Crippen LogP contribution in [0.25, 0.3) is 0 Å². The maximum absolute atomic E-state index is 14.4. The van der Waals surface area contributed by atoms with E-state index in [0.717, 1.165) is 30.0 Å². The van der Waals surface area contributed by atoms with Crippen LogP contribution in [0.3, 0.4) is 0 Å². The normalized spacial score (nSPS) is 24.0. The van der Waals surface area contributed by atoms with Crippen molar-refractivity contribution in [1.82, 2.24) is 5.32 Å². The molecule has 0 saturated heterocycles. The highest BCUT2D eigenvalue weighted by molar-refractivity contribution is 5.27. The van der Waals surface area contributed by atoms with Gasteiger partial charge in [-0.1, -0.05) is 45.2 Å². The number of hydrogen-bond donors (Lipinski definition) is 1. The van der Waals surface area contributed by atoms with Crippen LogP contribution in [-0.4, -0.2) is 6.54 Å². The van der Waals surface area contributed by atoms with Gasteiger partial charge in [0.25, 0.3) is 0 Å². The van der Waals surface area contributed by atoms with Crippen LogP contribution in [-0.2, 0) is 0 Å². The summed E-state index contributed by atoms with van der Waals surface area (Å²) in [5.74, 6) is 1.36. The van der Waals surface area contributed by atoms with Crippen LogP contribution in [0.4, 0.5) is 4.39 Å². The Kier molecular flexibility index (Phi) is 6.22. The Morgan fingerprint density at radius 3 is 2.76 bits per heavy atom. The average Bonchev–Trinajstić information content (AvgIpc) is 2.49. The molecule has 0 heterocycles. The van der Waals surface area contributed by atoms with Gasteiger partial charge in [0.1, 0.15) is 5.82 Å². The lowest BCUT2D eigenvalue weighted by Crippen LogP contribution is -2.32. The molecule has 118 valence electrons. The topological polar surface area (TPSA) is 12.0 Å². The molecule has 0 aliphatic heterocycles. The van der Waals surface area contributed by atoms with Crippen LogP contribution in [0.2, 0.25) is 0 Å². The lowest BCUT2D eigenvalue weighted by Gasteiger charge is -2.35. The van der Waals surface area contributed by atoms with Crippen molar-refractivity contribution in [3.05, 3.63) is 35.1 Å². The summed E-state index contributed by atoms with van der Waals surface area (Å²) in [6, 6.07) is 5.89. The molecule has 2 heteroatoms. The van der Waals surface area contributed by atoms with E-state index in [1.165, 1.54) is 32.1 Å². The molecule has 2 rings (SSSR count).